The molecule has 0 aliphatic carbocycles. The SMILES string of the molecule is Cc1ccc(N2C(=O)CC(CO)C2(C)C)cc1C. The van der Waals surface area contributed by atoms with Crippen LogP contribution in [0.1, 0.15) is 31.4 Å². The molecular formula is C15H21NO2. The molecular weight excluding hydrogens is 226 g/mol. The van der Waals surface area contributed by atoms with Crippen LogP contribution >= 0.6 is 0 Å². The number of aryl methyl sites for hydroxylation is 2. The van der Waals surface area contributed by atoms with Crippen LogP contribution in [0.4, 0.5) is 5.69 Å². The summed E-state index contributed by atoms with van der Waals surface area (Å²) in [5, 5.41) is 9.40. The third kappa shape index (κ3) is 1.93. The molecule has 1 aliphatic heterocycles. The minimum absolute atomic E-state index is 0.00612. The molecule has 0 aromatic heterocycles. The molecule has 0 spiro atoms. The smallest absolute Gasteiger partial charge is 0.227 e. The third-order valence-corrected chi connectivity index (χ3v) is 4.21. The van der Waals surface area contributed by atoms with Gasteiger partial charge in [0.1, 0.15) is 0 Å². The first kappa shape index (κ1) is 13.1. The van der Waals surface area contributed by atoms with Crippen LogP contribution in [-0.2, 0) is 4.79 Å². The van der Waals surface area contributed by atoms with Crippen LogP contribution in [0, 0.1) is 19.8 Å². The van der Waals surface area contributed by atoms with Gasteiger partial charge in [-0.25, -0.2) is 0 Å². The van der Waals surface area contributed by atoms with E-state index in [1.54, 1.807) is 0 Å². The summed E-state index contributed by atoms with van der Waals surface area (Å²) >= 11 is 0. The molecule has 2 rings (SSSR count). The maximum atomic E-state index is 12.2. The molecule has 3 heteroatoms. The number of rotatable bonds is 2. The molecule has 18 heavy (non-hydrogen) atoms. The van der Waals surface area contributed by atoms with Crippen molar-refractivity contribution in [2.24, 2.45) is 5.92 Å². The summed E-state index contributed by atoms with van der Waals surface area (Å²) in [4.78, 5) is 14.0. The summed E-state index contributed by atoms with van der Waals surface area (Å²) < 4.78 is 0. The van der Waals surface area contributed by atoms with Crippen LogP contribution in [0.15, 0.2) is 18.2 Å². The monoisotopic (exact) mass is 247 g/mol. The Morgan fingerprint density at radius 3 is 2.50 bits per heavy atom. The highest BCUT2D eigenvalue weighted by molar-refractivity contribution is 5.97. The summed E-state index contributed by atoms with van der Waals surface area (Å²) in [6.45, 7) is 8.21. The first-order valence-electron chi connectivity index (χ1n) is 6.39. The average Bonchev–Trinajstić information content (AvgIpc) is 2.52. The van der Waals surface area contributed by atoms with E-state index in [4.69, 9.17) is 0 Å². The van der Waals surface area contributed by atoms with Gasteiger partial charge in [0.25, 0.3) is 0 Å². The lowest BCUT2D eigenvalue weighted by Crippen LogP contribution is -2.45. The Morgan fingerprint density at radius 2 is 2.00 bits per heavy atom. The van der Waals surface area contributed by atoms with Crippen molar-refractivity contribution in [2.75, 3.05) is 11.5 Å². The Labute approximate surface area is 108 Å². The number of amides is 1. The van der Waals surface area contributed by atoms with Crippen molar-refractivity contribution in [3.05, 3.63) is 29.3 Å². The van der Waals surface area contributed by atoms with Crippen molar-refractivity contribution in [3.63, 3.8) is 0 Å². The fraction of sp³-hybridized carbons (Fsp3) is 0.533. The molecule has 98 valence electrons. The van der Waals surface area contributed by atoms with Gasteiger partial charge in [0.15, 0.2) is 0 Å². The van der Waals surface area contributed by atoms with E-state index in [9.17, 15) is 9.90 Å². The van der Waals surface area contributed by atoms with Crippen molar-refractivity contribution >= 4 is 11.6 Å². The van der Waals surface area contributed by atoms with Gasteiger partial charge >= 0.3 is 0 Å². The summed E-state index contributed by atoms with van der Waals surface area (Å²) in [7, 11) is 0. The molecule has 1 unspecified atom stereocenters. The van der Waals surface area contributed by atoms with E-state index in [2.05, 4.69) is 19.9 Å². The minimum Gasteiger partial charge on any atom is -0.396 e. The zero-order valence-corrected chi connectivity index (χ0v) is 11.5. The molecule has 0 radical (unpaired) electrons. The molecule has 1 amide bonds. The Hall–Kier alpha value is -1.35. The molecule has 1 aliphatic rings. The maximum absolute atomic E-state index is 12.2. The highest BCUT2D eigenvalue weighted by Gasteiger charge is 2.46. The summed E-state index contributed by atoms with van der Waals surface area (Å²) in [6.07, 6.45) is 0.427. The number of carbonyl (C=O) groups excluding carboxylic acids is 1. The van der Waals surface area contributed by atoms with Crippen LogP contribution in [0.5, 0.6) is 0 Å². The van der Waals surface area contributed by atoms with E-state index < -0.39 is 0 Å². The summed E-state index contributed by atoms with van der Waals surface area (Å²) in [6, 6.07) is 6.08. The van der Waals surface area contributed by atoms with Gasteiger partial charge < -0.3 is 10.0 Å². The lowest BCUT2D eigenvalue weighted by atomic mass is 9.89. The molecule has 1 aromatic carbocycles. The molecule has 1 fully saturated rings. The maximum Gasteiger partial charge on any atom is 0.227 e. The normalized spacial score (nSPS) is 22.6. The second-order valence-corrected chi connectivity index (χ2v) is 5.73. The Bertz CT molecular complexity index is 479. The third-order valence-electron chi connectivity index (χ3n) is 4.21. The number of benzene rings is 1. The number of nitrogens with zero attached hydrogens (tertiary/aromatic N) is 1. The van der Waals surface area contributed by atoms with Crippen LogP contribution < -0.4 is 4.90 Å². The standard InChI is InChI=1S/C15H21NO2/c1-10-5-6-13(7-11(10)2)16-14(18)8-12(9-17)15(16,3)4/h5-7,12,17H,8-9H2,1-4H3. The number of hydrogen-bond acceptors (Lipinski definition) is 2. The van der Waals surface area contributed by atoms with Crippen LogP contribution in [-0.4, -0.2) is 23.2 Å². The first-order valence-corrected chi connectivity index (χ1v) is 6.39. The van der Waals surface area contributed by atoms with E-state index in [1.165, 1.54) is 11.1 Å². The molecule has 3 nitrogen and oxygen atoms in total. The number of aliphatic hydroxyl groups excluding tert-OH is 1. The van der Waals surface area contributed by atoms with E-state index in [0.29, 0.717) is 6.42 Å². The van der Waals surface area contributed by atoms with Gasteiger partial charge in [-0.05, 0) is 51.0 Å². The van der Waals surface area contributed by atoms with Gasteiger partial charge in [0.2, 0.25) is 5.91 Å². The molecule has 1 atom stereocenters. The summed E-state index contributed by atoms with van der Waals surface area (Å²) in [5.74, 6) is 0.105. The number of carbonyl (C=O) groups is 1. The molecule has 1 N–H and O–H groups in total. The zero-order valence-electron chi connectivity index (χ0n) is 11.5. The lowest BCUT2D eigenvalue weighted by Gasteiger charge is -2.35. The van der Waals surface area contributed by atoms with E-state index in [-0.39, 0.29) is 24.0 Å². The van der Waals surface area contributed by atoms with Crippen molar-refractivity contribution < 1.29 is 9.90 Å². The fourth-order valence-electron chi connectivity index (χ4n) is 2.69. The van der Waals surface area contributed by atoms with Crippen LogP contribution in [0.3, 0.4) is 0 Å². The molecule has 1 saturated heterocycles. The molecule has 1 aromatic rings. The molecule has 0 bridgehead atoms. The Morgan fingerprint density at radius 1 is 1.33 bits per heavy atom. The van der Waals surface area contributed by atoms with E-state index in [0.717, 1.165) is 5.69 Å². The predicted molar refractivity (Wildman–Crippen MR) is 72.7 cm³/mol. The van der Waals surface area contributed by atoms with Gasteiger partial charge in [0, 0.05) is 30.2 Å². The zero-order chi connectivity index (χ0) is 13.5. The summed E-state index contributed by atoms with van der Waals surface area (Å²) in [5.41, 5.74) is 3.02. The van der Waals surface area contributed by atoms with E-state index >= 15 is 0 Å². The quantitative estimate of drug-likeness (QED) is 0.872. The van der Waals surface area contributed by atoms with Crippen LogP contribution in [0.25, 0.3) is 0 Å². The number of aliphatic hydroxyl groups is 1. The predicted octanol–water partition coefficient (Wildman–Crippen LogP) is 2.43. The number of hydrogen-bond donors (Lipinski definition) is 1. The van der Waals surface area contributed by atoms with Crippen molar-refractivity contribution in [2.45, 2.75) is 39.7 Å². The Balaban J connectivity index is 2.43. The fourth-order valence-corrected chi connectivity index (χ4v) is 2.69. The van der Waals surface area contributed by atoms with Gasteiger partial charge in [-0.1, -0.05) is 6.07 Å². The molecule has 1 heterocycles. The topological polar surface area (TPSA) is 40.5 Å². The van der Waals surface area contributed by atoms with Gasteiger partial charge in [0.05, 0.1) is 0 Å². The second kappa shape index (κ2) is 4.39. The second-order valence-electron chi connectivity index (χ2n) is 5.73. The lowest BCUT2D eigenvalue weighted by molar-refractivity contribution is -0.117. The molecule has 0 saturated carbocycles. The van der Waals surface area contributed by atoms with Gasteiger partial charge in [-0.15, -0.1) is 0 Å². The Kier molecular flexibility index (Phi) is 3.20. The van der Waals surface area contributed by atoms with Gasteiger partial charge in [-0.3, -0.25) is 4.79 Å². The average molecular weight is 247 g/mol. The van der Waals surface area contributed by atoms with E-state index in [1.807, 2.05) is 30.9 Å². The highest BCUT2D eigenvalue weighted by atomic mass is 16.3. The van der Waals surface area contributed by atoms with Crippen molar-refractivity contribution in [1.82, 2.24) is 0 Å². The van der Waals surface area contributed by atoms with Crippen LogP contribution in [0.2, 0.25) is 0 Å². The minimum atomic E-state index is -0.326. The first-order chi connectivity index (χ1) is 8.37. The highest BCUT2D eigenvalue weighted by Crippen LogP contribution is 2.39. The largest absolute Gasteiger partial charge is 0.396 e. The van der Waals surface area contributed by atoms with Crippen molar-refractivity contribution in [3.8, 4) is 0 Å². The van der Waals surface area contributed by atoms with Gasteiger partial charge in [-0.2, -0.15) is 0 Å². The number of anilines is 1. The van der Waals surface area contributed by atoms with Crippen molar-refractivity contribution in [1.29, 1.82) is 0 Å².